The average Bonchev–Trinajstić information content (AvgIpc) is 2.08. The van der Waals surface area contributed by atoms with Crippen LogP contribution >= 0.6 is 0 Å². The fourth-order valence-corrected chi connectivity index (χ4v) is 1.10. The Kier molecular flexibility index (Phi) is 2.93. The van der Waals surface area contributed by atoms with Crippen molar-refractivity contribution >= 4 is 11.7 Å². The number of nitrogens with two attached hydrogens (primary N) is 2. The Hall–Kier alpha value is -1.75. The zero-order chi connectivity index (χ0) is 10.7. The van der Waals surface area contributed by atoms with Gasteiger partial charge in [-0.1, -0.05) is 6.07 Å². The van der Waals surface area contributed by atoms with Crippen LogP contribution in [0.1, 0.15) is 18.0 Å². The topological polar surface area (TPSA) is 110 Å². The minimum atomic E-state index is -0.978. The number of anilines is 1. The van der Waals surface area contributed by atoms with Gasteiger partial charge in [-0.3, -0.25) is 4.79 Å². The van der Waals surface area contributed by atoms with E-state index in [1.807, 2.05) is 0 Å². The summed E-state index contributed by atoms with van der Waals surface area (Å²) in [5.74, 6) is -1.06. The van der Waals surface area contributed by atoms with Crippen LogP contribution in [0.15, 0.2) is 18.2 Å². The predicted molar refractivity (Wildman–Crippen MR) is 51.7 cm³/mol. The Labute approximate surface area is 81.0 Å². The number of carbonyl (C=O) groups is 1. The van der Waals surface area contributed by atoms with Crippen LogP contribution in [0.4, 0.5) is 5.69 Å². The number of nitrogen functional groups attached to an aromatic ring is 1. The van der Waals surface area contributed by atoms with Gasteiger partial charge in [0.05, 0.1) is 12.1 Å². The molecule has 0 saturated heterocycles. The molecule has 0 saturated carbocycles. The summed E-state index contributed by atoms with van der Waals surface area (Å²) in [5, 5.41) is 17.8. The molecule has 1 atom stereocenters. The third kappa shape index (κ3) is 2.37. The molecule has 1 rings (SSSR count). The summed E-state index contributed by atoms with van der Waals surface area (Å²) in [7, 11) is 0. The SMILES string of the molecule is Nc1ccc(C(N)CC(=O)O)cc1O. The molecule has 0 heterocycles. The third-order valence-electron chi connectivity index (χ3n) is 1.88. The second-order valence-corrected chi connectivity index (χ2v) is 3.02. The van der Waals surface area contributed by atoms with Crippen LogP contribution < -0.4 is 11.5 Å². The molecule has 0 fully saturated rings. The van der Waals surface area contributed by atoms with Crippen LogP contribution in [0, 0.1) is 0 Å². The van der Waals surface area contributed by atoms with Crippen molar-refractivity contribution in [2.75, 3.05) is 5.73 Å². The number of carboxylic acid groups (broad SMARTS) is 1. The lowest BCUT2D eigenvalue weighted by molar-refractivity contribution is -0.137. The van der Waals surface area contributed by atoms with Crippen LogP contribution in [0.5, 0.6) is 5.75 Å². The Morgan fingerprint density at radius 1 is 1.50 bits per heavy atom. The lowest BCUT2D eigenvalue weighted by Crippen LogP contribution is -2.14. The molecule has 1 aromatic rings. The van der Waals surface area contributed by atoms with Gasteiger partial charge in [-0.25, -0.2) is 0 Å². The summed E-state index contributed by atoms with van der Waals surface area (Å²) in [4.78, 5) is 10.4. The van der Waals surface area contributed by atoms with Gasteiger partial charge in [0.2, 0.25) is 0 Å². The van der Waals surface area contributed by atoms with E-state index in [1.54, 1.807) is 6.07 Å². The number of phenolic OH excluding ortho intramolecular Hbond substituents is 1. The van der Waals surface area contributed by atoms with E-state index >= 15 is 0 Å². The predicted octanol–water partition coefficient (Wildman–Crippen LogP) is 0.449. The van der Waals surface area contributed by atoms with Crippen molar-refractivity contribution in [3.63, 3.8) is 0 Å². The standard InChI is InChI=1S/C9H12N2O3/c10-6-2-1-5(3-8(6)12)7(11)4-9(13)14/h1-3,7,12H,4,10-11H2,(H,13,14). The van der Waals surface area contributed by atoms with E-state index in [0.29, 0.717) is 5.56 Å². The minimum Gasteiger partial charge on any atom is -0.506 e. The first-order valence-corrected chi connectivity index (χ1v) is 4.06. The Bertz CT molecular complexity index is 352. The smallest absolute Gasteiger partial charge is 0.305 e. The molecule has 1 aromatic carbocycles. The minimum absolute atomic E-state index is 0.0802. The van der Waals surface area contributed by atoms with Crippen molar-refractivity contribution in [2.24, 2.45) is 5.73 Å². The van der Waals surface area contributed by atoms with Crippen molar-refractivity contribution in [3.05, 3.63) is 23.8 Å². The summed E-state index contributed by atoms with van der Waals surface area (Å²) in [5.41, 5.74) is 11.8. The van der Waals surface area contributed by atoms with Gasteiger partial charge >= 0.3 is 5.97 Å². The molecular weight excluding hydrogens is 184 g/mol. The molecule has 6 N–H and O–H groups in total. The Balaban J connectivity index is 2.85. The quantitative estimate of drug-likeness (QED) is 0.414. The molecule has 76 valence electrons. The van der Waals surface area contributed by atoms with Crippen molar-refractivity contribution in [1.82, 2.24) is 0 Å². The van der Waals surface area contributed by atoms with Gasteiger partial charge in [-0.15, -0.1) is 0 Å². The molecule has 5 nitrogen and oxygen atoms in total. The number of aromatic hydroxyl groups is 1. The molecule has 0 bridgehead atoms. The van der Waals surface area contributed by atoms with Crippen LogP contribution in [0.3, 0.4) is 0 Å². The maximum absolute atomic E-state index is 10.4. The molecule has 0 radical (unpaired) electrons. The third-order valence-corrected chi connectivity index (χ3v) is 1.88. The number of benzene rings is 1. The van der Waals surface area contributed by atoms with E-state index in [4.69, 9.17) is 16.6 Å². The molecule has 5 heteroatoms. The number of rotatable bonds is 3. The fraction of sp³-hybridized carbons (Fsp3) is 0.222. The molecule has 0 aliphatic heterocycles. The molecule has 14 heavy (non-hydrogen) atoms. The van der Waals surface area contributed by atoms with E-state index in [9.17, 15) is 9.90 Å². The first kappa shape index (κ1) is 10.3. The summed E-state index contributed by atoms with van der Waals surface area (Å²) in [6.45, 7) is 0. The van der Waals surface area contributed by atoms with E-state index in [2.05, 4.69) is 0 Å². The van der Waals surface area contributed by atoms with Crippen LogP contribution in [0.2, 0.25) is 0 Å². The van der Waals surface area contributed by atoms with Crippen molar-refractivity contribution in [2.45, 2.75) is 12.5 Å². The number of hydrogen-bond acceptors (Lipinski definition) is 4. The molecule has 0 spiro atoms. The van der Waals surface area contributed by atoms with Gasteiger partial charge in [-0.05, 0) is 17.7 Å². The van der Waals surface area contributed by atoms with Crippen LogP contribution in [0.25, 0.3) is 0 Å². The van der Waals surface area contributed by atoms with Crippen LogP contribution in [-0.2, 0) is 4.79 Å². The molecule has 0 amide bonds. The molecule has 1 unspecified atom stereocenters. The monoisotopic (exact) mass is 196 g/mol. The van der Waals surface area contributed by atoms with E-state index < -0.39 is 12.0 Å². The highest BCUT2D eigenvalue weighted by molar-refractivity contribution is 5.68. The normalized spacial score (nSPS) is 12.4. The molecular formula is C9H12N2O3. The van der Waals surface area contributed by atoms with Crippen LogP contribution in [-0.4, -0.2) is 16.2 Å². The maximum atomic E-state index is 10.4. The second-order valence-electron chi connectivity index (χ2n) is 3.02. The Morgan fingerprint density at radius 3 is 2.64 bits per heavy atom. The van der Waals surface area contributed by atoms with Gasteiger partial charge in [-0.2, -0.15) is 0 Å². The van der Waals surface area contributed by atoms with Gasteiger partial charge in [0.25, 0.3) is 0 Å². The highest BCUT2D eigenvalue weighted by atomic mass is 16.4. The van der Waals surface area contributed by atoms with Gasteiger partial charge in [0.1, 0.15) is 5.75 Å². The Morgan fingerprint density at radius 2 is 2.14 bits per heavy atom. The van der Waals surface area contributed by atoms with Crippen molar-refractivity contribution < 1.29 is 15.0 Å². The highest BCUT2D eigenvalue weighted by Gasteiger charge is 2.11. The number of phenols is 1. The maximum Gasteiger partial charge on any atom is 0.305 e. The first-order chi connectivity index (χ1) is 6.50. The fourth-order valence-electron chi connectivity index (χ4n) is 1.10. The van der Waals surface area contributed by atoms with Gasteiger partial charge in [0, 0.05) is 6.04 Å². The van der Waals surface area contributed by atoms with E-state index in [1.165, 1.54) is 12.1 Å². The lowest BCUT2D eigenvalue weighted by Gasteiger charge is -2.10. The van der Waals surface area contributed by atoms with Crippen molar-refractivity contribution in [1.29, 1.82) is 0 Å². The summed E-state index contributed by atoms with van der Waals surface area (Å²) < 4.78 is 0. The van der Waals surface area contributed by atoms with Crippen molar-refractivity contribution in [3.8, 4) is 5.75 Å². The summed E-state index contributed by atoms with van der Waals surface area (Å²) in [6, 6.07) is 3.84. The highest BCUT2D eigenvalue weighted by Crippen LogP contribution is 2.24. The second kappa shape index (κ2) is 3.97. The number of aliphatic carboxylic acids is 1. The largest absolute Gasteiger partial charge is 0.506 e. The lowest BCUT2D eigenvalue weighted by atomic mass is 10.0. The molecule has 0 aliphatic carbocycles. The number of hydrogen-bond donors (Lipinski definition) is 4. The van der Waals surface area contributed by atoms with E-state index in [0.717, 1.165) is 0 Å². The zero-order valence-electron chi connectivity index (χ0n) is 7.47. The summed E-state index contributed by atoms with van der Waals surface area (Å²) >= 11 is 0. The van der Waals surface area contributed by atoms with Gasteiger partial charge < -0.3 is 21.7 Å². The van der Waals surface area contributed by atoms with E-state index in [-0.39, 0.29) is 17.9 Å². The van der Waals surface area contributed by atoms with Gasteiger partial charge in [0.15, 0.2) is 0 Å². The first-order valence-electron chi connectivity index (χ1n) is 4.06. The number of carboxylic acids is 1. The zero-order valence-corrected chi connectivity index (χ0v) is 7.47. The average molecular weight is 196 g/mol. The summed E-state index contributed by atoms with van der Waals surface area (Å²) in [6.07, 6.45) is -0.177. The molecule has 0 aliphatic rings. The molecule has 0 aromatic heterocycles.